The van der Waals surface area contributed by atoms with Gasteiger partial charge in [0.2, 0.25) is 0 Å². The molecular formula is C16H14FN3O3. The number of esters is 1. The van der Waals surface area contributed by atoms with Crippen LogP contribution in [0.4, 0.5) is 4.39 Å². The van der Waals surface area contributed by atoms with Crippen LogP contribution >= 0.6 is 0 Å². The molecule has 1 N–H and O–H groups in total. The maximum atomic E-state index is 13.7. The van der Waals surface area contributed by atoms with Crippen molar-refractivity contribution in [3.63, 3.8) is 0 Å². The molecule has 0 aliphatic heterocycles. The van der Waals surface area contributed by atoms with Crippen molar-refractivity contribution in [3.8, 4) is 11.3 Å². The summed E-state index contributed by atoms with van der Waals surface area (Å²) in [5.74, 6) is -0.963. The minimum Gasteiger partial charge on any atom is -0.461 e. The molecule has 0 saturated heterocycles. The maximum absolute atomic E-state index is 13.7. The molecule has 118 valence electrons. The predicted molar refractivity (Wildman–Crippen MR) is 81.9 cm³/mol. The minimum atomic E-state index is -0.599. The highest BCUT2D eigenvalue weighted by molar-refractivity contribution is 5.88. The highest BCUT2D eigenvalue weighted by Gasteiger charge is 2.14. The molecule has 2 aromatic heterocycles. The molecule has 3 aromatic rings. The molecule has 2 heterocycles. The first-order valence-corrected chi connectivity index (χ1v) is 7.06. The number of aromatic amines is 1. The van der Waals surface area contributed by atoms with E-state index in [1.165, 1.54) is 22.8 Å². The third-order valence-corrected chi connectivity index (χ3v) is 3.44. The molecule has 0 amide bonds. The lowest BCUT2D eigenvalue weighted by Crippen LogP contribution is -2.10. The lowest BCUT2D eigenvalue weighted by molar-refractivity contribution is 0.0519. The number of hydrogen-bond acceptors (Lipinski definition) is 4. The van der Waals surface area contributed by atoms with Gasteiger partial charge in [0.15, 0.2) is 5.69 Å². The molecule has 0 aliphatic rings. The standard InChI is InChI=1S/C16H14FN3O3/c1-3-23-16(22)12-7-14-15(21)18-13(8-20(14)19-12)10-5-4-9(2)11(17)6-10/h4-8H,3H2,1-2H3,(H,18,21). The van der Waals surface area contributed by atoms with E-state index in [1.807, 2.05) is 0 Å². The number of fused-ring (bicyclic) bond motifs is 1. The Morgan fingerprint density at radius 1 is 1.39 bits per heavy atom. The Kier molecular flexibility index (Phi) is 3.69. The number of benzene rings is 1. The number of nitrogens with zero attached hydrogens (tertiary/aromatic N) is 2. The minimum absolute atomic E-state index is 0.0459. The molecule has 0 radical (unpaired) electrons. The predicted octanol–water partition coefficient (Wildman–Crippen LogP) is 2.31. The van der Waals surface area contributed by atoms with Crippen molar-refractivity contribution in [2.45, 2.75) is 13.8 Å². The normalized spacial score (nSPS) is 10.9. The highest BCUT2D eigenvalue weighted by Crippen LogP contribution is 2.19. The third kappa shape index (κ3) is 2.73. The van der Waals surface area contributed by atoms with Crippen LogP contribution in [0.15, 0.2) is 35.3 Å². The number of nitrogens with one attached hydrogen (secondary N) is 1. The molecule has 0 unspecified atom stereocenters. The zero-order valence-electron chi connectivity index (χ0n) is 12.6. The van der Waals surface area contributed by atoms with Crippen LogP contribution in [-0.4, -0.2) is 27.2 Å². The van der Waals surface area contributed by atoms with E-state index in [4.69, 9.17) is 4.74 Å². The van der Waals surface area contributed by atoms with Crippen LogP contribution in [0.3, 0.4) is 0 Å². The number of H-pyrrole nitrogens is 1. The van der Waals surface area contributed by atoms with Crippen LogP contribution < -0.4 is 5.56 Å². The molecule has 1 aromatic carbocycles. The number of carbonyl (C=O) groups is 1. The molecule has 0 atom stereocenters. The molecule has 0 aliphatic carbocycles. The van der Waals surface area contributed by atoms with Gasteiger partial charge in [-0.2, -0.15) is 5.10 Å². The van der Waals surface area contributed by atoms with E-state index in [0.29, 0.717) is 16.8 Å². The Balaban J connectivity index is 2.11. The van der Waals surface area contributed by atoms with Crippen LogP contribution in [0.5, 0.6) is 0 Å². The van der Waals surface area contributed by atoms with E-state index in [2.05, 4.69) is 10.1 Å². The smallest absolute Gasteiger partial charge is 0.358 e. The Labute approximate surface area is 130 Å². The Bertz CT molecular complexity index is 959. The molecule has 23 heavy (non-hydrogen) atoms. The summed E-state index contributed by atoms with van der Waals surface area (Å²) in [6.07, 6.45) is 1.53. The van der Waals surface area contributed by atoms with Crippen molar-refractivity contribution in [2.24, 2.45) is 0 Å². The van der Waals surface area contributed by atoms with Crippen LogP contribution in [0.1, 0.15) is 23.0 Å². The van der Waals surface area contributed by atoms with E-state index in [0.717, 1.165) is 0 Å². The van der Waals surface area contributed by atoms with Gasteiger partial charge in [-0.05, 0) is 25.5 Å². The fourth-order valence-electron chi connectivity index (χ4n) is 2.22. The average Bonchev–Trinajstić information content (AvgIpc) is 2.95. The van der Waals surface area contributed by atoms with Gasteiger partial charge < -0.3 is 9.72 Å². The second-order valence-corrected chi connectivity index (χ2v) is 5.04. The highest BCUT2D eigenvalue weighted by atomic mass is 19.1. The lowest BCUT2D eigenvalue weighted by atomic mass is 10.1. The lowest BCUT2D eigenvalue weighted by Gasteiger charge is -2.04. The summed E-state index contributed by atoms with van der Waals surface area (Å²) in [4.78, 5) is 26.5. The van der Waals surface area contributed by atoms with Gasteiger partial charge in [-0.1, -0.05) is 12.1 Å². The van der Waals surface area contributed by atoms with Crippen molar-refractivity contribution in [1.82, 2.24) is 14.6 Å². The zero-order valence-corrected chi connectivity index (χ0v) is 12.6. The quantitative estimate of drug-likeness (QED) is 0.753. The van der Waals surface area contributed by atoms with Crippen LogP contribution in [0, 0.1) is 12.7 Å². The number of aryl methyl sites for hydroxylation is 1. The number of aromatic nitrogens is 3. The fraction of sp³-hybridized carbons (Fsp3) is 0.188. The van der Waals surface area contributed by atoms with E-state index < -0.39 is 11.5 Å². The summed E-state index contributed by atoms with van der Waals surface area (Å²) in [6.45, 7) is 3.56. The number of rotatable bonds is 3. The molecule has 0 spiro atoms. The first kappa shape index (κ1) is 15.0. The summed E-state index contributed by atoms with van der Waals surface area (Å²) in [7, 11) is 0. The van der Waals surface area contributed by atoms with Gasteiger partial charge in [-0.3, -0.25) is 4.79 Å². The summed E-state index contributed by atoms with van der Waals surface area (Å²) in [6, 6.07) is 6.02. The molecule has 3 rings (SSSR count). The van der Waals surface area contributed by atoms with Crippen LogP contribution in [-0.2, 0) is 4.74 Å². The number of halogens is 1. The summed E-state index contributed by atoms with van der Waals surface area (Å²) < 4.78 is 19.9. The summed E-state index contributed by atoms with van der Waals surface area (Å²) in [5, 5.41) is 4.05. The van der Waals surface area contributed by atoms with Gasteiger partial charge in [-0.15, -0.1) is 0 Å². The first-order chi connectivity index (χ1) is 11.0. The van der Waals surface area contributed by atoms with Gasteiger partial charge >= 0.3 is 5.97 Å². The van der Waals surface area contributed by atoms with Crippen molar-refractivity contribution >= 4 is 11.5 Å². The maximum Gasteiger partial charge on any atom is 0.358 e. The Hall–Kier alpha value is -2.96. The van der Waals surface area contributed by atoms with Gasteiger partial charge in [0.05, 0.1) is 18.5 Å². The zero-order chi connectivity index (χ0) is 16.6. The van der Waals surface area contributed by atoms with Gasteiger partial charge in [-0.25, -0.2) is 13.7 Å². The van der Waals surface area contributed by atoms with Gasteiger partial charge in [0, 0.05) is 11.6 Å². The van der Waals surface area contributed by atoms with Crippen molar-refractivity contribution in [1.29, 1.82) is 0 Å². The monoisotopic (exact) mass is 315 g/mol. The number of ether oxygens (including phenoxy) is 1. The van der Waals surface area contributed by atoms with E-state index in [-0.39, 0.29) is 23.6 Å². The fourth-order valence-corrected chi connectivity index (χ4v) is 2.22. The number of hydrogen-bond donors (Lipinski definition) is 1. The largest absolute Gasteiger partial charge is 0.461 e. The molecule has 0 saturated carbocycles. The van der Waals surface area contributed by atoms with E-state index in [1.54, 1.807) is 26.0 Å². The second kappa shape index (κ2) is 5.68. The summed E-state index contributed by atoms with van der Waals surface area (Å²) in [5.41, 5.74) is 1.27. The molecule has 7 heteroatoms. The topological polar surface area (TPSA) is 76.5 Å². The van der Waals surface area contributed by atoms with Crippen LogP contribution in [0.2, 0.25) is 0 Å². The second-order valence-electron chi connectivity index (χ2n) is 5.04. The average molecular weight is 315 g/mol. The SMILES string of the molecule is CCOC(=O)c1cc2c(=O)[nH]c(-c3ccc(C)c(F)c3)cn2n1. The van der Waals surface area contributed by atoms with Crippen molar-refractivity contribution in [2.75, 3.05) is 6.61 Å². The Morgan fingerprint density at radius 3 is 2.87 bits per heavy atom. The van der Waals surface area contributed by atoms with Crippen molar-refractivity contribution in [3.05, 3.63) is 57.9 Å². The third-order valence-electron chi connectivity index (χ3n) is 3.44. The van der Waals surface area contributed by atoms with Crippen molar-refractivity contribution < 1.29 is 13.9 Å². The van der Waals surface area contributed by atoms with Gasteiger partial charge in [0.25, 0.3) is 5.56 Å². The molecule has 0 bridgehead atoms. The molecule has 0 fully saturated rings. The first-order valence-electron chi connectivity index (χ1n) is 7.06. The molecule has 6 nitrogen and oxygen atoms in total. The van der Waals surface area contributed by atoms with Crippen LogP contribution in [0.25, 0.3) is 16.8 Å². The number of carbonyl (C=O) groups excluding carboxylic acids is 1. The molecular weight excluding hydrogens is 301 g/mol. The van der Waals surface area contributed by atoms with E-state index in [9.17, 15) is 14.0 Å². The summed E-state index contributed by atoms with van der Waals surface area (Å²) >= 11 is 0. The Morgan fingerprint density at radius 2 is 2.17 bits per heavy atom. The van der Waals surface area contributed by atoms with Gasteiger partial charge in [0.1, 0.15) is 11.3 Å². The van der Waals surface area contributed by atoms with E-state index >= 15 is 0 Å².